The zero-order valence-corrected chi connectivity index (χ0v) is 24.3. The van der Waals surface area contributed by atoms with Crippen molar-refractivity contribution in [2.75, 3.05) is 6.61 Å². The van der Waals surface area contributed by atoms with Crippen molar-refractivity contribution in [1.82, 2.24) is 0 Å². The summed E-state index contributed by atoms with van der Waals surface area (Å²) < 4.78 is 6.38. The van der Waals surface area contributed by atoms with E-state index < -0.39 is 5.97 Å². The Labute approximate surface area is 221 Å². The molecule has 0 fully saturated rings. The first-order chi connectivity index (χ1) is 14.7. The van der Waals surface area contributed by atoms with E-state index in [4.69, 9.17) is 4.74 Å². The summed E-state index contributed by atoms with van der Waals surface area (Å²) in [6, 6.07) is 0. The molecule has 0 saturated heterocycles. The van der Waals surface area contributed by atoms with E-state index in [9.17, 15) is 14.7 Å². The van der Waals surface area contributed by atoms with Crippen LogP contribution in [0, 0.1) is 11.3 Å². The maximum atomic E-state index is 11.5. The van der Waals surface area contributed by atoms with Crippen molar-refractivity contribution in [3.05, 3.63) is 0 Å². The van der Waals surface area contributed by atoms with Gasteiger partial charge < -0.3 is 19.4 Å². The number of hydrogen-bond donors (Lipinski definition) is 0. The summed E-state index contributed by atoms with van der Waals surface area (Å²) in [5.41, 5.74) is -0.00209. The zero-order chi connectivity index (χ0) is 23.5. The van der Waals surface area contributed by atoms with E-state index in [2.05, 4.69) is 27.7 Å². The van der Waals surface area contributed by atoms with E-state index in [1.54, 1.807) is 6.92 Å². The predicted molar refractivity (Wildman–Crippen MR) is 128 cm³/mol. The third kappa shape index (κ3) is 21.9. The van der Waals surface area contributed by atoms with E-state index >= 15 is 0 Å². The zero-order valence-electron chi connectivity index (χ0n) is 22.3. The van der Waals surface area contributed by atoms with Crippen molar-refractivity contribution >= 4 is 11.8 Å². The fraction of sp³-hybridized carbons (Fsp3) is 0.926. The van der Waals surface area contributed by atoms with Crippen LogP contribution in [0.25, 0.3) is 0 Å². The average molecular weight is 463 g/mol. The molecule has 2 atom stereocenters. The van der Waals surface area contributed by atoms with Crippen LogP contribution in [0.4, 0.5) is 0 Å². The Balaban J connectivity index is 0. The van der Waals surface area contributed by atoms with Crippen LogP contribution in [0.5, 0.6) is 0 Å². The number of carbonyl (C=O) groups excluding carboxylic acids is 2. The number of rotatable bonds is 22. The number of unbranched alkanes of at least 4 members (excludes halogenated alkanes) is 9. The smallest absolute Gasteiger partial charge is 0.550 e. The largest absolute Gasteiger partial charge is 1.00 e. The standard InChI is InChI=1S/C27H52O4.Na/c1-6-7-8-9-11-14-17-23(2)25(18-15-12-10-13-16-19-26(29)30)31-21-20-27(4,5)22-24(3)28;/h23,25H,6-22H2,1-5H3,(H,29,30);/q;+1/p-1. The third-order valence-electron chi connectivity index (χ3n) is 6.36. The van der Waals surface area contributed by atoms with Crippen LogP contribution in [-0.4, -0.2) is 24.5 Å². The molecule has 0 N–H and O–H groups in total. The van der Waals surface area contributed by atoms with Crippen molar-refractivity contribution in [3.63, 3.8) is 0 Å². The van der Waals surface area contributed by atoms with E-state index in [-0.39, 0.29) is 53.3 Å². The van der Waals surface area contributed by atoms with E-state index in [1.807, 2.05) is 0 Å². The normalized spacial score (nSPS) is 13.4. The number of carboxylic acid groups (broad SMARTS) is 1. The Hall–Kier alpha value is 0.1000. The minimum atomic E-state index is -0.940. The second-order valence-corrected chi connectivity index (χ2v) is 10.4. The van der Waals surface area contributed by atoms with Crippen LogP contribution in [0.2, 0.25) is 0 Å². The van der Waals surface area contributed by atoms with Crippen molar-refractivity contribution in [1.29, 1.82) is 0 Å². The van der Waals surface area contributed by atoms with E-state index in [0.29, 0.717) is 12.3 Å². The number of hydrogen-bond acceptors (Lipinski definition) is 4. The molecule has 32 heavy (non-hydrogen) atoms. The molecule has 0 radical (unpaired) electrons. The molecule has 0 aliphatic rings. The first kappa shape index (κ1) is 34.3. The van der Waals surface area contributed by atoms with Crippen molar-refractivity contribution in [3.8, 4) is 0 Å². The molecule has 0 aliphatic heterocycles. The van der Waals surface area contributed by atoms with Gasteiger partial charge in [-0.15, -0.1) is 0 Å². The molecule has 0 spiro atoms. The summed E-state index contributed by atoms with van der Waals surface area (Å²) >= 11 is 0. The van der Waals surface area contributed by atoms with Crippen molar-refractivity contribution in [2.45, 2.75) is 143 Å². The van der Waals surface area contributed by atoms with Crippen molar-refractivity contribution in [2.24, 2.45) is 11.3 Å². The molecule has 0 rings (SSSR count). The van der Waals surface area contributed by atoms with Gasteiger partial charge in [0.15, 0.2) is 0 Å². The molecule has 184 valence electrons. The minimum Gasteiger partial charge on any atom is -0.550 e. The monoisotopic (exact) mass is 462 g/mol. The molecule has 2 unspecified atom stereocenters. The van der Waals surface area contributed by atoms with Gasteiger partial charge in [-0.25, -0.2) is 0 Å². The summed E-state index contributed by atoms with van der Waals surface area (Å²) in [7, 11) is 0. The Bertz CT molecular complexity index is 465. The molecule has 0 bridgehead atoms. The van der Waals surface area contributed by atoms with Gasteiger partial charge in [-0.3, -0.25) is 0 Å². The molecule has 0 aromatic heterocycles. The summed E-state index contributed by atoms with van der Waals surface area (Å²) in [5, 5.41) is 10.5. The van der Waals surface area contributed by atoms with Crippen molar-refractivity contribution < 1.29 is 49.0 Å². The molecule has 5 heteroatoms. The van der Waals surface area contributed by atoms with Gasteiger partial charge in [0.25, 0.3) is 0 Å². The van der Waals surface area contributed by atoms with Crippen LogP contribution in [0.15, 0.2) is 0 Å². The van der Waals surface area contributed by atoms with Gasteiger partial charge in [0.05, 0.1) is 6.10 Å². The molecule has 0 aromatic rings. The Kier molecular flexibility index (Phi) is 23.2. The second kappa shape index (κ2) is 21.6. The summed E-state index contributed by atoms with van der Waals surface area (Å²) in [4.78, 5) is 22.0. The molecule has 4 nitrogen and oxygen atoms in total. The van der Waals surface area contributed by atoms with Crippen LogP contribution < -0.4 is 34.7 Å². The van der Waals surface area contributed by atoms with Gasteiger partial charge >= 0.3 is 29.6 Å². The molecular weight excluding hydrogens is 411 g/mol. The number of Topliss-reactive ketones (excluding diaryl/α,β-unsaturated/α-hetero) is 1. The first-order valence-corrected chi connectivity index (χ1v) is 13.0. The van der Waals surface area contributed by atoms with Gasteiger partial charge in [0.1, 0.15) is 5.78 Å². The minimum absolute atomic E-state index is 0. The molecule has 0 amide bonds. The van der Waals surface area contributed by atoms with E-state index in [1.165, 1.54) is 44.9 Å². The van der Waals surface area contributed by atoms with Gasteiger partial charge in [-0.05, 0) is 50.4 Å². The molecule has 0 heterocycles. The van der Waals surface area contributed by atoms with Crippen LogP contribution in [-0.2, 0) is 14.3 Å². The van der Waals surface area contributed by atoms with Gasteiger partial charge in [-0.1, -0.05) is 91.9 Å². The van der Waals surface area contributed by atoms with Crippen LogP contribution in [0.1, 0.15) is 137 Å². The molecule has 0 saturated carbocycles. The SMILES string of the molecule is CCCCCCCCC(C)C(CCCCCCCC(=O)[O-])OCCC(C)(C)CC(C)=O.[Na+]. The van der Waals surface area contributed by atoms with Crippen LogP contribution >= 0.6 is 0 Å². The predicted octanol–water partition coefficient (Wildman–Crippen LogP) is 3.64. The summed E-state index contributed by atoms with van der Waals surface area (Å²) in [6.07, 6.45) is 17.3. The second-order valence-electron chi connectivity index (χ2n) is 10.4. The fourth-order valence-corrected chi connectivity index (χ4v) is 4.36. The third-order valence-corrected chi connectivity index (χ3v) is 6.36. The summed E-state index contributed by atoms with van der Waals surface area (Å²) in [6.45, 7) is 11.3. The molecule has 0 aromatic carbocycles. The average Bonchev–Trinajstić information content (AvgIpc) is 2.67. The number of ketones is 1. The number of carboxylic acids is 1. The number of aliphatic carboxylic acids is 1. The van der Waals surface area contributed by atoms with E-state index in [0.717, 1.165) is 51.6 Å². The first-order valence-electron chi connectivity index (χ1n) is 13.0. The fourth-order valence-electron chi connectivity index (χ4n) is 4.36. The Morgan fingerprint density at radius 3 is 1.97 bits per heavy atom. The Morgan fingerprint density at radius 1 is 0.875 bits per heavy atom. The molecular formula is C27H51NaO4. The van der Waals surface area contributed by atoms with Gasteiger partial charge in [0.2, 0.25) is 0 Å². The Morgan fingerprint density at radius 2 is 1.41 bits per heavy atom. The van der Waals surface area contributed by atoms with Gasteiger partial charge in [0, 0.05) is 19.0 Å². The quantitative estimate of drug-likeness (QED) is 0.182. The van der Waals surface area contributed by atoms with Gasteiger partial charge in [-0.2, -0.15) is 0 Å². The molecule has 0 aliphatic carbocycles. The maximum Gasteiger partial charge on any atom is 1.00 e. The maximum absolute atomic E-state index is 11.5. The summed E-state index contributed by atoms with van der Waals surface area (Å²) in [5.74, 6) is -0.137. The number of carbonyl (C=O) groups is 2. The number of ether oxygens (including phenoxy) is 1. The topological polar surface area (TPSA) is 66.4 Å². The van der Waals surface area contributed by atoms with Crippen LogP contribution in [0.3, 0.4) is 0 Å².